The van der Waals surface area contributed by atoms with Gasteiger partial charge in [-0.3, -0.25) is 9.79 Å². The fraction of sp³-hybridized carbons (Fsp3) is 0.600. The van der Waals surface area contributed by atoms with Crippen molar-refractivity contribution < 1.29 is 9.53 Å². The van der Waals surface area contributed by atoms with E-state index in [1.807, 2.05) is 6.92 Å². The fourth-order valence-electron chi connectivity index (χ4n) is 0.751. The molecule has 1 aliphatic rings. The van der Waals surface area contributed by atoms with Crippen molar-refractivity contribution in [2.24, 2.45) is 4.99 Å². The molecule has 0 fully saturated rings. The molecule has 80 valence electrons. The minimum absolute atomic E-state index is 0.141. The molecule has 0 atom stereocenters. The molecular formula is C10H18N2O2. The molecule has 0 saturated heterocycles. The molecule has 4 nitrogen and oxygen atoms in total. The maximum Gasteiger partial charge on any atom is 0.306 e. The Morgan fingerprint density at radius 2 is 2.57 bits per heavy atom. The second-order valence-corrected chi connectivity index (χ2v) is 2.71. The predicted octanol–water partition coefficient (Wildman–Crippen LogP) is 1.13. The van der Waals surface area contributed by atoms with Crippen LogP contribution in [0.2, 0.25) is 0 Å². The highest BCUT2D eigenvalue weighted by Gasteiger charge is 1.96. The number of aliphatic imine (C=N–C) groups is 1. The zero-order valence-electron chi connectivity index (χ0n) is 8.66. The Morgan fingerprint density at radius 3 is 2.93 bits per heavy atom. The molecule has 0 radical (unpaired) electrons. The van der Waals surface area contributed by atoms with Crippen LogP contribution in [0.25, 0.3) is 0 Å². The average Bonchev–Trinajstić information content (AvgIpc) is 2.73. The SMILES string of the molecule is C1=NCCN1.C=CCOC(=O)CCC. The number of esters is 1. The van der Waals surface area contributed by atoms with Gasteiger partial charge in [0.15, 0.2) is 0 Å². The van der Waals surface area contributed by atoms with Crippen LogP contribution in [0, 0.1) is 0 Å². The molecule has 0 saturated carbocycles. The van der Waals surface area contributed by atoms with Gasteiger partial charge in [0.05, 0.1) is 12.9 Å². The van der Waals surface area contributed by atoms with Gasteiger partial charge < -0.3 is 10.1 Å². The van der Waals surface area contributed by atoms with E-state index < -0.39 is 0 Å². The first-order valence-corrected chi connectivity index (χ1v) is 4.79. The van der Waals surface area contributed by atoms with Gasteiger partial charge in [-0.2, -0.15) is 0 Å². The summed E-state index contributed by atoms with van der Waals surface area (Å²) >= 11 is 0. The highest BCUT2D eigenvalue weighted by atomic mass is 16.5. The van der Waals surface area contributed by atoms with Crippen molar-refractivity contribution in [2.75, 3.05) is 19.7 Å². The molecule has 1 rings (SSSR count). The van der Waals surface area contributed by atoms with E-state index in [9.17, 15) is 4.79 Å². The number of hydrogen-bond acceptors (Lipinski definition) is 4. The first kappa shape index (κ1) is 12.7. The Hall–Kier alpha value is -1.32. The number of hydrogen-bond donors (Lipinski definition) is 1. The molecule has 0 aromatic rings. The lowest BCUT2D eigenvalue weighted by atomic mass is 10.3. The van der Waals surface area contributed by atoms with E-state index in [4.69, 9.17) is 0 Å². The predicted molar refractivity (Wildman–Crippen MR) is 57.4 cm³/mol. The summed E-state index contributed by atoms with van der Waals surface area (Å²) in [5.41, 5.74) is 0. The van der Waals surface area contributed by atoms with E-state index in [2.05, 4.69) is 21.6 Å². The van der Waals surface area contributed by atoms with Gasteiger partial charge in [-0.15, -0.1) is 0 Å². The average molecular weight is 198 g/mol. The highest BCUT2D eigenvalue weighted by molar-refractivity contribution is 5.69. The lowest BCUT2D eigenvalue weighted by Gasteiger charge is -1.97. The summed E-state index contributed by atoms with van der Waals surface area (Å²) in [6.45, 7) is 7.67. The second-order valence-electron chi connectivity index (χ2n) is 2.71. The van der Waals surface area contributed by atoms with Gasteiger partial charge in [0.25, 0.3) is 0 Å². The van der Waals surface area contributed by atoms with Crippen LogP contribution in [-0.4, -0.2) is 32.0 Å². The third kappa shape index (κ3) is 8.77. The zero-order valence-corrected chi connectivity index (χ0v) is 8.66. The summed E-state index contributed by atoms with van der Waals surface area (Å²) in [7, 11) is 0. The molecule has 4 heteroatoms. The van der Waals surface area contributed by atoms with Gasteiger partial charge in [-0.25, -0.2) is 0 Å². The van der Waals surface area contributed by atoms with Gasteiger partial charge in [-0.1, -0.05) is 19.6 Å². The van der Waals surface area contributed by atoms with Crippen LogP contribution in [-0.2, 0) is 9.53 Å². The molecule has 0 aliphatic carbocycles. The molecule has 0 bridgehead atoms. The minimum Gasteiger partial charge on any atom is -0.461 e. The maximum atomic E-state index is 10.5. The molecule has 0 aromatic heterocycles. The number of ether oxygens (including phenoxy) is 1. The maximum absolute atomic E-state index is 10.5. The molecule has 0 spiro atoms. The van der Waals surface area contributed by atoms with Crippen molar-refractivity contribution in [3.05, 3.63) is 12.7 Å². The number of nitrogens with zero attached hydrogens (tertiary/aromatic N) is 1. The Bertz CT molecular complexity index is 185. The standard InChI is InChI=1S/C7H12O2.C3H6N2/c1-3-5-7(8)9-6-4-2;1-2-5-3-4-1/h4H,2-3,5-6H2,1H3;3H,1-2H2,(H,4,5). The third-order valence-electron chi connectivity index (χ3n) is 1.38. The monoisotopic (exact) mass is 198 g/mol. The summed E-state index contributed by atoms with van der Waals surface area (Å²) in [5.74, 6) is -0.141. The number of rotatable bonds is 4. The Balaban J connectivity index is 0.000000280. The molecular weight excluding hydrogens is 180 g/mol. The number of carbonyl (C=O) groups is 1. The van der Waals surface area contributed by atoms with Gasteiger partial charge in [0.1, 0.15) is 6.61 Å². The van der Waals surface area contributed by atoms with E-state index >= 15 is 0 Å². The van der Waals surface area contributed by atoms with Crippen LogP contribution >= 0.6 is 0 Å². The molecule has 1 heterocycles. The van der Waals surface area contributed by atoms with Gasteiger partial charge in [-0.05, 0) is 6.42 Å². The van der Waals surface area contributed by atoms with Crippen LogP contribution < -0.4 is 5.32 Å². The quantitative estimate of drug-likeness (QED) is 0.544. The first-order valence-electron chi connectivity index (χ1n) is 4.79. The van der Waals surface area contributed by atoms with E-state index in [1.54, 1.807) is 12.4 Å². The van der Waals surface area contributed by atoms with Crippen LogP contribution in [0.3, 0.4) is 0 Å². The van der Waals surface area contributed by atoms with Gasteiger partial charge >= 0.3 is 5.97 Å². The van der Waals surface area contributed by atoms with Crippen molar-refractivity contribution in [1.29, 1.82) is 0 Å². The van der Waals surface area contributed by atoms with Gasteiger partial charge in [0, 0.05) is 13.0 Å². The first-order chi connectivity index (χ1) is 6.81. The normalized spacial score (nSPS) is 12.4. The Kier molecular flexibility index (Phi) is 8.84. The van der Waals surface area contributed by atoms with Crippen molar-refractivity contribution in [3.63, 3.8) is 0 Å². The largest absolute Gasteiger partial charge is 0.461 e. The third-order valence-corrected chi connectivity index (χ3v) is 1.38. The number of nitrogens with one attached hydrogen (secondary N) is 1. The molecule has 0 amide bonds. The van der Waals surface area contributed by atoms with E-state index in [0.717, 1.165) is 19.5 Å². The smallest absolute Gasteiger partial charge is 0.306 e. The molecule has 0 aromatic carbocycles. The van der Waals surface area contributed by atoms with Crippen LogP contribution in [0.1, 0.15) is 19.8 Å². The van der Waals surface area contributed by atoms with Crippen molar-refractivity contribution in [1.82, 2.24) is 5.32 Å². The molecule has 14 heavy (non-hydrogen) atoms. The summed E-state index contributed by atoms with van der Waals surface area (Å²) in [5, 5.41) is 2.93. The van der Waals surface area contributed by atoms with Crippen molar-refractivity contribution >= 4 is 12.3 Å². The molecule has 1 N–H and O–H groups in total. The lowest BCUT2D eigenvalue weighted by Crippen LogP contribution is -2.04. The van der Waals surface area contributed by atoms with Crippen LogP contribution in [0.15, 0.2) is 17.6 Å². The summed E-state index contributed by atoms with van der Waals surface area (Å²) < 4.78 is 4.67. The second kappa shape index (κ2) is 9.77. The molecule has 0 unspecified atom stereocenters. The van der Waals surface area contributed by atoms with E-state index in [1.165, 1.54) is 0 Å². The van der Waals surface area contributed by atoms with Crippen LogP contribution in [0.5, 0.6) is 0 Å². The summed E-state index contributed by atoms with van der Waals surface area (Å²) in [4.78, 5) is 14.4. The van der Waals surface area contributed by atoms with E-state index in [-0.39, 0.29) is 5.97 Å². The summed E-state index contributed by atoms with van der Waals surface area (Å²) in [6.07, 6.45) is 4.65. The van der Waals surface area contributed by atoms with Gasteiger partial charge in [0.2, 0.25) is 0 Å². The Labute approximate surface area is 85.1 Å². The minimum atomic E-state index is -0.141. The lowest BCUT2D eigenvalue weighted by molar-refractivity contribution is -0.142. The topological polar surface area (TPSA) is 50.7 Å². The van der Waals surface area contributed by atoms with Crippen molar-refractivity contribution in [3.8, 4) is 0 Å². The van der Waals surface area contributed by atoms with E-state index in [0.29, 0.717) is 13.0 Å². The Morgan fingerprint density at radius 1 is 1.79 bits per heavy atom. The number of carbonyl (C=O) groups excluding carboxylic acids is 1. The zero-order chi connectivity index (χ0) is 10.6. The van der Waals surface area contributed by atoms with Crippen molar-refractivity contribution in [2.45, 2.75) is 19.8 Å². The highest BCUT2D eigenvalue weighted by Crippen LogP contribution is 1.89. The van der Waals surface area contributed by atoms with Crippen LogP contribution in [0.4, 0.5) is 0 Å². The summed E-state index contributed by atoms with van der Waals surface area (Å²) in [6, 6.07) is 0. The fourth-order valence-corrected chi connectivity index (χ4v) is 0.751. The molecule has 1 aliphatic heterocycles.